The fourth-order valence-corrected chi connectivity index (χ4v) is 2.47. The zero-order valence-electron chi connectivity index (χ0n) is 12.0. The fourth-order valence-electron chi connectivity index (χ4n) is 1.97. The van der Waals surface area contributed by atoms with Crippen molar-refractivity contribution in [2.75, 3.05) is 7.05 Å². The van der Waals surface area contributed by atoms with Crippen LogP contribution in [0.3, 0.4) is 0 Å². The van der Waals surface area contributed by atoms with E-state index in [9.17, 15) is 4.39 Å². The molecule has 0 fully saturated rings. The van der Waals surface area contributed by atoms with Crippen molar-refractivity contribution in [1.82, 2.24) is 5.32 Å². The van der Waals surface area contributed by atoms with E-state index in [0.717, 1.165) is 5.56 Å². The van der Waals surface area contributed by atoms with Crippen molar-refractivity contribution in [3.63, 3.8) is 0 Å². The maximum Gasteiger partial charge on any atom is 0.132 e. The summed E-state index contributed by atoms with van der Waals surface area (Å²) in [5, 5.41) is 4.05. The van der Waals surface area contributed by atoms with Crippen LogP contribution < -0.4 is 10.1 Å². The Kier molecular flexibility index (Phi) is 5.09. The number of ether oxygens (including phenoxy) is 1. The molecule has 5 heteroatoms. The molecule has 0 saturated heterocycles. The molecule has 0 spiro atoms. The molecule has 21 heavy (non-hydrogen) atoms. The van der Waals surface area contributed by atoms with Crippen LogP contribution in [0.5, 0.6) is 11.5 Å². The number of aryl methyl sites for hydroxylation is 1. The van der Waals surface area contributed by atoms with Crippen molar-refractivity contribution in [3.8, 4) is 11.5 Å². The standard InChI is InChI=1S/C16H16Cl2FNO/c1-9-4-16(14(8-15(9)19)10(2)20-3)21-13-6-11(17)5-12(18)7-13/h4-8,10,20H,1-3H3. The Labute approximate surface area is 133 Å². The third-order valence-corrected chi connectivity index (χ3v) is 3.69. The van der Waals surface area contributed by atoms with Crippen molar-refractivity contribution >= 4 is 23.2 Å². The first-order valence-corrected chi connectivity index (χ1v) is 7.27. The molecule has 0 aliphatic heterocycles. The zero-order chi connectivity index (χ0) is 15.6. The Morgan fingerprint density at radius 1 is 1.10 bits per heavy atom. The highest BCUT2D eigenvalue weighted by atomic mass is 35.5. The Hall–Kier alpha value is -1.29. The van der Waals surface area contributed by atoms with Gasteiger partial charge in [-0.1, -0.05) is 23.2 Å². The van der Waals surface area contributed by atoms with Gasteiger partial charge in [0.25, 0.3) is 0 Å². The zero-order valence-corrected chi connectivity index (χ0v) is 13.5. The van der Waals surface area contributed by atoms with E-state index in [-0.39, 0.29) is 11.9 Å². The lowest BCUT2D eigenvalue weighted by atomic mass is 10.0. The van der Waals surface area contributed by atoms with Crippen LogP contribution in [0, 0.1) is 12.7 Å². The lowest BCUT2D eigenvalue weighted by molar-refractivity contribution is 0.462. The highest BCUT2D eigenvalue weighted by Crippen LogP contribution is 2.34. The summed E-state index contributed by atoms with van der Waals surface area (Å²) in [5.74, 6) is 0.834. The van der Waals surface area contributed by atoms with E-state index < -0.39 is 0 Å². The Morgan fingerprint density at radius 3 is 2.29 bits per heavy atom. The highest BCUT2D eigenvalue weighted by Gasteiger charge is 2.15. The van der Waals surface area contributed by atoms with E-state index in [2.05, 4.69) is 5.32 Å². The first-order valence-electron chi connectivity index (χ1n) is 6.52. The maximum atomic E-state index is 13.8. The molecule has 0 heterocycles. The molecule has 1 atom stereocenters. The van der Waals surface area contributed by atoms with Crippen LogP contribution in [0.25, 0.3) is 0 Å². The first-order chi connectivity index (χ1) is 9.90. The third-order valence-electron chi connectivity index (χ3n) is 3.25. The summed E-state index contributed by atoms with van der Waals surface area (Å²) in [6, 6.07) is 8.07. The number of rotatable bonds is 4. The molecule has 1 N–H and O–H groups in total. The first kappa shape index (κ1) is 16.1. The SMILES string of the molecule is CNC(C)c1cc(F)c(C)cc1Oc1cc(Cl)cc(Cl)c1. The normalized spacial score (nSPS) is 12.3. The topological polar surface area (TPSA) is 21.3 Å². The summed E-state index contributed by atoms with van der Waals surface area (Å²) in [6.07, 6.45) is 0. The van der Waals surface area contributed by atoms with E-state index >= 15 is 0 Å². The predicted octanol–water partition coefficient (Wildman–Crippen LogP) is 5.51. The van der Waals surface area contributed by atoms with Gasteiger partial charge >= 0.3 is 0 Å². The lowest BCUT2D eigenvalue weighted by Gasteiger charge is -2.18. The number of nitrogens with one attached hydrogen (secondary N) is 1. The van der Waals surface area contributed by atoms with Gasteiger partial charge in [0.15, 0.2) is 0 Å². The minimum absolute atomic E-state index is 0.0512. The Balaban J connectivity index is 2.44. The molecule has 2 rings (SSSR count). The van der Waals surface area contributed by atoms with Gasteiger partial charge < -0.3 is 10.1 Å². The molecule has 2 nitrogen and oxygen atoms in total. The number of hydrogen-bond donors (Lipinski definition) is 1. The third kappa shape index (κ3) is 3.88. The van der Waals surface area contributed by atoms with Crippen LogP contribution in [-0.2, 0) is 0 Å². The van der Waals surface area contributed by atoms with Crippen molar-refractivity contribution in [1.29, 1.82) is 0 Å². The average molecular weight is 328 g/mol. The molecule has 0 radical (unpaired) electrons. The van der Waals surface area contributed by atoms with Crippen molar-refractivity contribution < 1.29 is 9.13 Å². The molecule has 112 valence electrons. The van der Waals surface area contributed by atoms with Gasteiger partial charge in [-0.3, -0.25) is 0 Å². The van der Waals surface area contributed by atoms with Gasteiger partial charge in [0.05, 0.1) is 0 Å². The van der Waals surface area contributed by atoms with Crippen LogP contribution in [0.2, 0.25) is 10.0 Å². The molecule has 2 aromatic rings. The number of benzene rings is 2. The summed E-state index contributed by atoms with van der Waals surface area (Å²) < 4.78 is 19.7. The lowest BCUT2D eigenvalue weighted by Crippen LogP contribution is -2.13. The van der Waals surface area contributed by atoms with Crippen LogP contribution in [0.15, 0.2) is 30.3 Å². The summed E-state index contributed by atoms with van der Waals surface area (Å²) in [7, 11) is 1.81. The molecule has 2 aromatic carbocycles. The van der Waals surface area contributed by atoms with E-state index in [1.165, 1.54) is 6.07 Å². The summed E-state index contributed by atoms with van der Waals surface area (Å²) in [5.41, 5.74) is 1.25. The molecular weight excluding hydrogens is 312 g/mol. The monoisotopic (exact) mass is 327 g/mol. The molecule has 0 bridgehead atoms. The van der Waals surface area contributed by atoms with Gasteiger partial charge in [0.2, 0.25) is 0 Å². The van der Waals surface area contributed by atoms with Crippen LogP contribution in [0.4, 0.5) is 4.39 Å². The van der Waals surface area contributed by atoms with Crippen molar-refractivity contribution in [3.05, 3.63) is 57.3 Å². The molecule has 0 aliphatic rings. The Bertz CT molecular complexity index is 641. The second-order valence-corrected chi connectivity index (χ2v) is 5.73. The Morgan fingerprint density at radius 2 is 1.71 bits per heavy atom. The number of halogens is 3. The molecule has 0 amide bonds. The minimum atomic E-state index is -0.261. The molecule has 0 aliphatic carbocycles. The average Bonchev–Trinajstić information content (AvgIpc) is 2.40. The van der Waals surface area contributed by atoms with Crippen molar-refractivity contribution in [2.24, 2.45) is 0 Å². The second kappa shape index (κ2) is 6.65. The summed E-state index contributed by atoms with van der Waals surface area (Å²) in [4.78, 5) is 0. The van der Waals surface area contributed by atoms with Gasteiger partial charge in [-0.05, 0) is 56.8 Å². The van der Waals surface area contributed by atoms with Gasteiger partial charge in [-0.25, -0.2) is 4.39 Å². The minimum Gasteiger partial charge on any atom is -0.457 e. The molecule has 0 aromatic heterocycles. The molecular formula is C16H16Cl2FNO. The fraction of sp³-hybridized carbons (Fsp3) is 0.250. The second-order valence-electron chi connectivity index (χ2n) is 4.86. The van der Waals surface area contributed by atoms with Gasteiger partial charge in [0.1, 0.15) is 17.3 Å². The van der Waals surface area contributed by atoms with Gasteiger partial charge in [0, 0.05) is 21.7 Å². The molecule has 0 saturated carbocycles. The number of hydrogen-bond acceptors (Lipinski definition) is 2. The smallest absolute Gasteiger partial charge is 0.132 e. The van der Waals surface area contributed by atoms with Gasteiger partial charge in [-0.2, -0.15) is 0 Å². The summed E-state index contributed by atoms with van der Waals surface area (Å²) in [6.45, 7) is 3.63. The van der Waals surface area contributed by atoms with Crippen LogP contribution >= 0.6 is 23.2 Å². The van der Waals surface area contributed by atoms with Crippen LogP contribution in [0.1, 0.15) is 24.1 Å². The predicted molar refractivity (Wildman–Crippen MR) is 85.1 cm³/mol. The maximum absolute atomic E-state index is 13.8. The summed E-state index contributed by atoms with van der Waals surface area (Å²) >= 11 is 11.9. The van der Waals surface area contributed by atoms with E-state index in [1.54, 1.807) is 31.2 Å². The highest BCUT2D eigenvalue weighted by molar-refractivity contribution is 6.34. The van der Waals surface area contributed by atoms with Crippen molar-refractivity contribution in [2.45, 2.75) is 19.9 Å². The molecule has 1 unspecified atom stereocenters. The largest absolute Gasteiger partial charge is 0.457 e. The quantitative estimate of drug-likeness (QED) is 0.798. The van der Waals surface area contributed by atoms with E-state index in [0.29, 0.717) is 27.1 Å². The van der Waals surface area contributed by atoms with E-state index in [1.807, 2.05) is 14.0 Å². The van der Waals surface area contributed by atoms with Crippen LogP contribution in [-0.4, -0.2) is 7.05 Å². The van der Waals surface area contributed by atoms with Gasteiger partial charge in [-0.15, -0.1) is 0 Å². The van der Waals surface area contributed by atoms with E-state index in [4.69, 9.17) is 27.9 Å².